The average molecular weight is 470 g/mol. The molecule has 2 aromatic carbocycles. The lowest BCUT2D eigenvalue weighted by Crippen LogP contribution is -2.39. The Morgan fingerprint density at radius 3 is 2.79 bits per heavy atom. The van der Waals surface area contributed by atoms with Gasteiger partial charge in [0.2, 0.25) is 15.9 Å². The summed E-state index contributed by atoms with van der Waals surface area (Å²) in [5, 5.41) is 14.7. The van der Waals surface area contributed by atoms with Gasteiger partial charge in [-0.2, -0.15) is 4.31 Å². The van der Waals surface area contributed by atoms with Crippen molar-refractivity contribution in [3.63, 3.8) is 0 Å². The Kier molecular flexibility index (Phi) is 6.52. The second-order valence-electron chi connectivity index (χ2n) is 7.85. The molecule has 10 nitrogen and oxygen atoms in total. The van der Waals surface area contributed by atoms with Gasteiger partial charge in [-0.05, 0) is 43.0 Å². The number of hydrogen-bond acceptors (Lipinski definition) is 8. The number of ether oxygens (including phenoxy) is 1. The molecule has 0 aliphatic carbocycles. The first-order valence-electron chi connectivity index (χ1n) is 10.4. The summed E-state index contributed by atoms with van der Waals surface area (Å²) in [6, 6.07) is 10.7. The Labute approximate surface area is 191 Å². The summed E-state index contributed by atoms with van der Waals surface area (Å²) in [6.45, 7) is 2.83. The van der Waals surface area contributed by atoms with Crippen LogP contribution in [0, 0.1) is 16.0 Å². The third-order valence-corrected chi connectivity index (χ3v) is 7.16. The number of piperidine rings is 1. The first-order valence-corrected chi connectivity index (χ1v) is 11.9. The molecular formula is C22H23N5O5S. The van der Waals surface area contributed by atoms with Gasteiger partial charge in [-0.3, -0.25) is 15.1 Å². The molecule has 1 atom stereocenters. The van der Waals surface area contributed by atoms with Crippen LogP contribution in [0.4, 0.5) is 17.1 Å². The molecule has 0 bridgehead atoms. The minimum absolute atomic E-state index is 0.0893. The largest absolute Gasteiger partial charge is 0.437 e. The fraction of sp³-hybridized carbons (Fsp3) is 0.273. The fourth-order valence-corrected chi connectivity index (χ4v) is 5.31. The van der Waals surface area contributed by atoms with Crippen LogP contribution >= 0.6 is 0 Å². The van der Waals surface area contributed by atoms with Crippen molar-refractivity contribution >= 4 is 27.1 Å². The number of benzene rings is 2. The summed E-state index contributed by atoms with van der Waals surface area (Å²) in [5.41, 5.74) is 0.365. The molecule has 0 amide bonds. The zero-order chi connectivity index (χ0) is 23.4. The van der Waals surface area contributed by atoms with E-state index < -0.39 is 14.9 Å². The SMILES string of the molecule is CC1CCCN(S(=O)(=O)c2ccc(Nc3cccc(Oc4cnccn4)c3)c([N+](=O)[O-])c2)C1. The van der Waals surface area contributed by atoms with Crippen LogP contribution in [-0.2, 0) is 10.0 Å². The quantitative estimate of drug-likeness (QED) is 0.400. The van der Waals surface area contributed by atoms with E-state index in [0.29, 0.717) is 30.4 Å². The van der Waals surface area contributed by atoms with E-state index in [1.54, 1.807) is 24.3 Å². The van der Waals surface area contributed by atoms with Gasteiger partial charge >= 0.3 is 0 Å². The highest BCUT2D eigenvalue weighted by Gasteiger charge is 2.30. The molecule has 33 heavy (non-hydrogen) atoms. The number of sulfonamides is 1. The van der Waals surface area contributed by atoms with Crippen LogP contribution in [0.25, 0.3) is 0 Å². The van der Waals surface area contributed by atoms with E-state index in [-0.39, 0.29) is 22.2 Å². The third-order valence-electron chi connectivity index (χ3n) is 5.30. The van der Waals surface area contributed by atoms with Crippen LogP contribution in [0.3, 0.4) is 0 Å². The Hall–Kier alpha value is -3.57. The summed E-state index contributed by atoms with van der Waals surface area (Å²) < 4.78 is 33.1. The molecule has 1 unspecified atom stereocenters. The van der Waals surface area contributed by atoms with E-state index in [9.17, 15) is 18.5 Å². The summed E-state index contributed by atoms with van der Waals surface area (Å²) in [6.07, 6.45) is 6.23. The Morgan fingerprint density at radius 1 is 1.21 bits per heavy atom. The van der Waals surface area contributed by atoms with Gasteiger partial charge in [0.1, 0.15) is 11.4 Å². The number of nitrogens with one attached hydrogen (secondary N) is 1. The van der Waals surface area contributed by atoms with Crippen molar-refractivity contribution in [1.29, 1.82) is 0 Å². The van der Waals surface area contributed by atoms with Crippen molar-refractivity contribution in [2.24, 2.45) is 5.92 Å². The number of hydrogen-bond donors (Lipinski definition) is 1. The van der Waals surface area contributed by atoms with Crippen molar-refractivity contribution in [1.82, 2.24) is 14.3 Å². The lowest BCUT2D eigenvalue weighted by Gasteiger charge is -2.30. The molecule has 3 aromatic rings. The molecule has 0 radical (unpaired) electrons. The molecule has 1 fully saturated rings. The van der Waals surface area contributed by atoms with Gasteiger partial charge in [0.15, 0.2) is 0 Å². The maximum Gasteiger partial charge on any atom is 0.294 e. The van der Waals surface area contributed by atoms with Gasteiger partial charge in [-0.1, -0.05) is 13.0 Å². The second kappa shape index (κ2) is 9.51. The minimum atomic E-state index is -3.81. The summed E-state index contributed by atoms with van der Waals surface area (Å²) >= 11 is 0. The van der Waals surface area contributed by atoms with E-state index in [1.807, 2.05) is 6.92 Å². The second-order valence-corrected chi connectivity index (χ2v) is 9.78. The number of nitrogens with zero attached hydrogens (tertiary/aromatic N) is 4. The minimum Gasteiger partial charge on any atom is -0.437 e. The highest BCUT2D eigenvalue weighted by atomic mass is 32.2. The smallest absolute Gasteiger partial charge is 0.294 e. The van der Waals surface area contributed by atoms with Crippen molar-refractivity contribution in [3.8, 4) is 11.6 Å². The molecule has 0 spiro atoms. The van der Waals surface area contributed by atoms with Crippen LogP contribution in [0.5, 0.6) is 11.6 Å². The maximum absolute atomic E-state index is 13.1. The molecule has 1 aliphatic rings. The lowest BCUT2D eigenvalue weighted by molar-refractivity contribution is -0.384. The number of nitro groups is 1. The van der Waals surface area contributed by atoms with Crippen molar-refractivity contribution in [2.75, 3.05) is 18.4 Å². The summed E-state index contributed by atoms with van der Waals surface area (Å²) in [7, 11) is -3.81. The predicted molar refractivity (Wildman–Crippen MR) is 122 cm³/mol. The Morgan fingerprint density at radius 2 is 2.06 bits per heavy atom. The van der Waals surface area contributed by atoms with Gasteiger partial charge in [-0.25, -0.2) is 13.4 Å². The molecule has 1 N–H and O–H groups in total. The zero-order valence-electron chi connectivity index (χ0n) is 17.9. The van der Waals surface area contributed by atoms with Crippen LogP contribution in [0.2, 0.25) is 0 Å². The van der Waals surface area contributed by atoms with E-state index in [2.05, 4.69) is 15.3 Å². The normalized spacial score (nSPS) is 16.8. The summed E-state index contributed by atoms with van der Waals surface area (Å²) in [4.78, 5) is 19.0. The van der Waals surface area contributed by atoms with E-state index in [1.165, 1.54) is 35.0 Å². The molecule has 2 heterocycles. The third kappa shape index (κ3) is 5.26. The summed E-state index contributed by atoms with van der Waals surface area (Å²) in [5.74, 6) is 1.02. The highest BCUT2D eigenvalue weighted by molar-refractivity contribution is 7.89. The molecule has 172 valence electrons. The fourth-order valence-electron chi connectivity index (χ4n) is 3.69. The monoisotopic (exact) mass is 469 g/mol. The molecule has 1 aromatic heterocycles. The van der Waals surface area contributed by atoms with Crippen molar-refractivity contribution in [2.45, 2.75) is 24.7 Å². The number of rotatable bonds is 7. The highest BCUT2D eigenvalue weighted by Crippen LogP contribution is 2.33. The number of aromatic nitrogens is 2. The molecule has 11 heteroatoms. The van der Waals surface area contributed by atoms with Crippen LogP contribution in [0.15, 0.2) is 66.0 Å². The standard InChI is InChI=1S/C22H23N5O5S/c1-16-4-3-11-26(15-16)33(30,31)19-7-8-20(21(13-19)27(28)29)25-17-5-2-6-18(12-17)32-22-14-23-9-10-24-22/h2,5-10,12-14,16,25H,3-4,11,15H2,1H3. The van der Waals surface area contributed by atoms with Gasteiger partial charge in [-0.15, -0.1) is 0 Å². The van der Waals surface area contributed by atoms with E-state index in [0.717, 1.165) is 18.9 Å². The van der Waals surface area contributed by atoms with E-state index in [4.69, 9.17) is 4.74 Å². The topological polar surface area (TPSA) is 128 Å². The van der Waals surface area contributed by atoms with Crippen LogP contribution < -0.4 is 10.1 Å². The maximum atomic E-state index is 13.1. The van der Waals surface area contributed by atoms with Gasteiger partial charge in [0.25, 0.3) is 5.69 Å². The Bertz CT molecular complexity index is 1250. The van der Waals surface area contributed by atoms with E-state index >= 15 is 0 Å². The molecule has 0 saturated carbocycles. The van der Waals surface area contributed by atoms with Crippen molar-refractivity contribution < 1.29 is 18.1 Å². The molecular weight excluding hydrogens is 446 g/mol. The lowest BCUT2D eigenvalue weighted by atomic mass is 10.0. The first-order chi connectivity index (χ1) is 15.8. The first kappa shape index (κ1) is 22.6. The number of anilines is 2. The van der Waals surface area contributed by atoms with Gasteiger partial charge in [0.05, 0.1) is 16.0 Å². The van der Waals surface area contributed by atoms with Crippen molar-refractivity contribution in [3.05, 3.63) is 71.2 Å². The Balaban J connectivity index is 1.59. The molecule has 4 rings (SSSR count). The zero-order valence-corrected chi connectivity index (χ0v) is 18.7. The van der Waals surface area contributed by atoms with Crippen LogP contribution in [-0.4, -0.2) is 40.7 Å². The average Bonchev–Trinajstić information content (AvgIpc) is 2.80. The predicted octanol–water partition coefficient (Wildman–Crippen LogP) is 4.34. The molecule has 1 saturated heterocycles. The van der Waals surface area contributed by atoms with Gasteiger partial charge < -0.3 is 10.1 Å². The molecule has 1 aliphatic heterocycles. The van der Waals surface area contributed by atoms with Crippen LogP contribution in [0.1, 0.15) is 19.8 Å². The number of nitro benzene ring substituents is 1. The van der Waals surface area contributed by atoms with Gasteiger partial charge in [0, 0.05) is 43.3 Å².